The van der Waals surface area contributed by atoms with Gasteiger partial charge in [-0.25, -0.2) is 9.78 Å². The molecule has 2 aromatic rings. The lowest BCUT2D eigenvalue weighted by atomic mass is 10.3. The van der Waals surface area contributed by atoms with Crippen molar-refractivity contribution in [1.82, 2.24) is 4.98 Å². The maximum atomic E-state index is 11.5. The molecule has 2 N–H and O–H groups in total. The summed E-state index contributed by atoms with van der Waals surface area (Å²) in [5.74, 6) is 0.141. The number of esters is 1. The van der Waals surface area contributed by atoms with Gasteiger partial charge < -0.3 is 15.4 Å². The molecular formula is C14H17N3O2S. The highest BCUT2D eigenvalue weighted by Gasteiger charge is 2.13. The predicted molar refractivity (Wildman–Crippen MR) is 81.3 cm³/mol. The quantitative estimate of drug-likeness (QED) is 0.855. The molecule has 0 aliphatic carbocycles. The summed E-state index contributed by atoms with van der Waals surface area (Å²) in [6.07, 6.45) is 0.914. The first-order chi connectivity index (χ1) is 9.61. The molecule has 0 fully saturated rings. The van der Waals surface area contributed by atoms with Crippen molar-refractivity contribution in [2.45, 2.75) is 6.42 Å². The molecule has 20 heavy (non-hydrogen) atoms. The molecule has 0 atom stereocenters. The van der Waals surface area contributed by atoms with Gasteiger partial charge in [0.15, 0.2) is 11.5 Å². The topological polar surface area (TPSA) is 68.5 Å². The van der Waals surface area contributed by atoms with Crippen LogP contribution in [-0.2, 0) is 11.2 Å². The van der Waals surface area contributed by atoms with Gasteiger partial charge in [0.1, 0.15) is 0 Å². The SMILES string of the molecule is COC(=O)c1ccc(N)c(N(C)CCc2cccs2)n1. The first-order valence-electron chi connectivity index (χ1n) is 6.20. The molecule has 6 heteroatoms. The van der Waals surface area contributed by atoms with Crippen LogP contribution in [0.1, 0.15) is 15.4 Å². The molecule has 106 valence electrons. The van der Waals surface area contributed by atoms with Crippen molar-refractivity contribution in [1.29, 1.82) is 0 Å². The maximum Gasteiger partial charge on any atom is 0.356 e. The smallest absolute Gasteiger partial charge is 0.356 e. The molecule has 0 unspecified atom stereocenters. The second-order valence-electron chi connectivity index (χ2n) is 4.35. The molecule has 0 radical (unpaired) electrons. The minimum absolute atomic E-state index is 0.264. The Morgan fingerprint density at radius 2 is 2.25 bits per heavy atom. The van der Waals surface area contributed by atoms with Crippen LogP contribution >= 0.6 is 11.3 Å². The number of nitrogen functional groups attached to an aromatic ring is 1. The van der Waals surface area contributed by atoms with E-state index >= 15 is 0 Å². The van der Waals surface area contributed by atoms with Gasteiger partial charge in [-0.15, -0.1) is 11.3 Å². The van der Waals surface area contributed by atoms with Gasteiger partial charge in [-0.3, -0.25) is 0 Å². The average Bonchev–Trinajstić information content (AvgIpc) is 2.97. The van der Waals surface area contributed by atoms with Gasteiger partial charge in [0.2, 0.25) is 0 Å². The largest absolute Gasteiger partial charge is 0.464 e. The zero-order valence-electron chi connectivity index (χ0n) is 11.5. The maximum absolute atomic E-state index is 11.5. The van der Waals surface area contributed by atoms with Gasteiger partial charge in [-0.2, -0.15) is 0 Å². The molecular weight excluding hydrogens is 274 g/mol. The van der Waals surface area contributed by atoms with Gasteiger partial charge >= 0.3 is 5.97 Å². The lowest BCUT2D eigenvalue weighted by Crippen LogP contribution is -2.23. The number of carbonyl (C=O) groups is 1. The molecule has 0 saturated carbocycles. The summed E-state index contributed by atoms with van der Waals surface area (Å²) < 4.78 is 4.67. The van der Waals surface area contributed by atoms with E-state index in [9.17, 15) is 4.79 Å². The number of rotatable bonds is 5. The van der Waals surface area contributed by atoms with E-state index in [4.69, 9.17) is 5.73 Å². The summed E-state index contributed by atoms with van der Waals surface area (Å²) >= 11 is 1.72. The number of thiophene rings is 1. The number of likely N-dealkylation sites (N-methyl/N-ethyl adjacent to an activating group) is 1. The van der Waals surface area contributed by atoms with E-state index < -0.39 is 5.97 Å². The lowest BCUT2D eigenvalue weighted by Gasteiger charge is -2.20. The number of nitrogens with two attached hydrogens (primary N) is 1. The van der Waals surface area contributed by atoms with Crippen molar-refractivity contribution < 1.29 is 9.53 Å². The number of hydrogen-bond donors (Lipinski definition) is 1. The van der Waals surface area contributed by atoms with Crippen LogP contribution in [-0.4, -0.2) is 31.7 Å². The third kappa shape index (κ3) is 3.27. The highest BCUT2D eigenvalue weighted by Crippen LogP contribution is 2.21. The van der Waals surface area contributed by atoms with Crippen LogP contribution < -0.4 is 10.6 Å². The zero-order valence-corrected chi connectivity index (χ0v) is 12.3. The fourth-order valence-corrected chi connectivity index (χ4v) is 2.52. The van der Waals surface area contributed by atoms with E-state index in [0.29, 0.717) is 11.5 Å². The number of nitrogens with zero attached hydrogens (tertiary/aromatic N) is 2. The number of methoxy groups -OCH3 is 1. The summed E-state index contributed by atoms with van der Waals surface area (Å²) in [7, 11) is 3.24. The second-order valence-corrected chi connectivity index (χ2v) is 5.38. The molecule has 0 spiro atoms. The summed E-state index contributed by atoms with van der Waals surface area (Å²) in [6, 6.07) is 7.37. The van der Waals surface area contributed by atoms with Crippen molar-refractivity contribution in [2.75, 3.05) is 31.3 Å². The average molecular weight is 291 g/mol. The number of anilines is 2. The molecule has 0 aliphatic heterocycles. The Kier molecular flexibility index (Phi) is 4.57. The van der Waals surface area contributed by atoms with Gasteiger partial charge in [0.25, 0.3) is 0 Å². The fraction of sp³-hybridized carbons (Fsp3) is 0.286. The first-order valence-corrected chi connectivity index (χ1v) is 7.08. The van der Waals surface area contributed by atoms with Crippen LogP contribution in [0.25, 0.3) is 0 Å². The van der Waals surface area contributed by atoms with Gasteiger partial charge in [-0.1, -0.05) is 6.07 Å². The Bertz CT molecular complexity index is 584. The van der Waals surface area contributed by atoms with E-state index in [-0.39, 0.29) is 5.69 Å². The van der Waals surface area contributed by atoms with Crippen LogP contribution in [0.5, 0.6) is 0 Å². The van der Waals surface area contributed by atoms with Crippen molar-refractivity contribution in [3.05, 3.63) is 40.2 Å². The predicted octanol–water partition coefficient (Wildman–Crippen LogP) is 2.19. The molecule has 2 rings (SSSR count). The summed E-state index contributed by atoms with van der Waals surface area (Å²) in [5, 5.41) is 2.06. The third-order valence-electron chi connectivity index (χ3n) is 2.94. The summed E-state index contributed by atoms with van der Waals surface area (Å²) in [4.78, 5) is 19.0. The van der Waals surface area contributed by atoms with Crippen LogP contribution in [0, 0.1) is 0 Å². The number of aromatic nitrogens is 1. The van der Waals surface area contributed by atoms with Gasteiger partial charge in [-0.05, 0) is 30.0 Å². The Balaban J connectivity index is 2.11. The summed E-state index contributed by atoms with van der Waals surface area (Å²) in [5.41, 5.74) is 6.74. The molecule has 0 amide bonds. The van der Waals surface area contributed by atoms with Crippen molar-refractivity contribution >= 4 is 28.8 Å². The van der Waals surface area contributed by atoms with Crippen molar-refractivity contribution in [3.8, 4) is 0 Å². The Morgan fingerprint density at radius 3 is 2.90 bits per heavy atom. The minimum Gasteiger partial charge on any atom is -0.464 e. The van der Waals surface area contributed by atoms with Crippen LogP contribution in [0.2, 0.25) is 0 Å². The third-order valence-corrected chi connectivity index (χ3v) is 3.87. The molecule has 0 bridgehead atoms. The minimum atomic E-state index is -0.460. The fourth-order valence-electron chi connectivity index (χ4n) is 1.82. The molecule has 2 aromatic heterocycles. The molecule has 0 aliphatic rings. The monoisotopic (exact) mass is 291 g/mol. The zero-order chi connectivity index (χ0) is 14.5. The normalized spacial score (nSPS) is 10.3. The van der Waals surface area contributed by atoms with Crippen LogP contribution in [0.15, 0.2) is 29.6 Å². The van der Waals surface area contributed by atoms with E-state index in [0.717, 1.165) is 13.0 Å². The number of carbonyl (C=O) groups excluding carboxylic acids is 1. The van der Waals surface area contributed by atoms with Gasteiger partial charge in [0.05, 0.1) is 12.8 Å². The first kappa shape index (κ1) is 14.3. The highest BCUT2D eigenvalue weighted by molar-refractivity contribution is 7.09. The van der Waals surface area contributed by atoms with E-state index in [1.165, 1.54) is 12.0 Å². The summed E-state index contributed by atoms with van der Waals surface area (Å²) in [6.45, 7) is 0.780. The standard InChI is InChI=1S/C14H17N3O2S/c1-17(8-7-10-4-3-9-20-10)13-11(15)5-6-12(16-13)14(18)19-2/h3-6,9H,7-8,15H2,1-2H3. The van der Waals surface area contributed by atoms with Crippen molar-refractivity contribution in [2.24, 2.45) is 0 Å². The Morgan fingerprint density at radius 1 is 1.45 bits per heavy atom. The second kappa shape index (κ2) is 6.38. The number of hydrogen-bond acceptors (Lipinski definition) is 6. The molecule has 0 saturated heterocycles. The Hall–Kier alpha value is -2.08. The highest BCUT2D eigenvalue weighted by atomic mass is 32.1. The Labute approximate surface area is 122 Å². The van der Waals surface area contributed by atoms with Crippen molar-refractivity contribution in [3.63, 3.8) is 0 Å². The molecule has 5 nitrogen and oxygen atoms in total. The molecule has 2 heterocycles. The van der Waals surface area contributed by atoms with Gasteiger partial charge in [0, 0.05) is 18.5 Å². The van der Waals surface area contributed by atoms with E-state index in [2.05, 4.69) is 21.2 Å². The molecule has 0 aromatic carbocycles. The number of ether oxygens (including phenoxy) is 1. The van der Waals surface area contributed by atoms with E-state index in [1.807, 2.05) is 18.0 Å². The lowest BCUT2D eigenvalue weighted by molar-refractivity contribution is 0.0594. The number of pyridine rings is 1. The van der Waals surface area contributed by atoms with E-state index in [1.54, 1.807) is 23.5 Å². The van der Waals surface area contributed by atoms with Crippen LogP contribution in [0.3, 0.4) is 0 Å². The van der Waals surface area contributed by atoms with Crippen LogP contribution in [0.4, 0.5) is 11.5 Å².